The summed E-state index contributed by atoms with van der Waals surface area (Å²) in [5, 5.41) is 11.6. The molecule has 0 aromatic heterocycles. The van der Waals surface area contributed by atoms with E-state index in [0.717, 1.165) is 18.5 Å². The number of unbranched alkanes of at least 4 members (excludes halogenated alkanes) is 1. The van der Waals surface area contributed by atoms with Crippen LogP contribution in [-0.4, -0.2) is 6.54 Å². The summed E-state index contributed by atoms with van der Waals surface area (Å²) in [4.78, 5) is 0. The van der Waals surface area contributed by atoms with Crippen LogP contribution in [0.25, 0.3) is 0 Å². The maximum Gasteiger partial charge on any atom is 0.123 e. The second-order valence-corrected chi connectivity index (χ2v) is 3.49. The maximum absolute atomic E-state index is 12.6. The van der Waals surface area contributed by atoms with Crippen molar-refractivity contribution in [1.29, 1.82) is 5.26 Å². The van der Waals surface area contributed by atoms with E-state index in [1.165, 1.54) is 12.1 Å². The summed E-state index contributed by atoms with van der Waals surface area (Å²) in [5.74, 6) is -0.213. The lowest BCUT2D eigenvalue weighted by atomic mass is 10.1. The molecule has 1 atom stereocenters. The Kier molecular flexibility index (Phi) is 4.79. The quantitative estimate of drug-likeness (QED) is 0.752. The summed E-state index contributed by atoms with van der Waals surface area (Å²) in [5.41, 5.74) is 1.06. The van der Waals surface area contributed by atoms with Crippen molar-refractivity contribution in [3.05, 3.63) is 35.6 Å². The Balaban J connectivity index is 2.37. The molecule has 0 unspecified atom stereocenters. The molecule has 0 aliphatic carbocycles. The number of nitriles is 1. The third-order valence-corrected chi connectivity index (χ3v) is 2.29. The van der Waals surface area contributed by atoms with Gasteiger partial charge in [-0.25, -0.2) is 4.39 Å². The van der Waals surface area contributed by atoms with Gasteiger partial charge in [0.2, 0.25) is 0 Å². The van der Waals surface area contributed by atoms with E-state index in [0.29, 0.717) is 6.42 Å². The molecule has 2 nitrogen and oxygen atoms in total. The predicted octanol–water partition coefficient (Wildman–Crippen LogP) is 2.78. The highest BCUT2D eigenvalue weighted by Crippen LogP contribution is 2.12. The van der Waals surface area contributed by atoms with Crippen LogP contribution in [-0.2, 0) is 0 Å². The van der Waals surface area contributed by atoms with Gasteiger partial charge in [-0.15, -0.1) is 0 Å². The van der Waals surface area contributed by atoms with E-state index in [1.54, 1.807) is 12.1 Å². The van der Waals surface area contributed by atoms with Crippen LogP contribution in [0.5, 0.6) is 0 Å². The van der Waals surface area contributed by atoms with Gasteiger partial charge in [0.05, 0.1) is 6.07 Å². The van der Waals surface area contributed by atoms with Crippen molar-refractivity contribution < 1.29 is 4.39 Å². The minimum Gasteiger partial charge on any atom is -0.310 e. The molecule has 80 valence electrons. The van der Waals surface area contributed by atoms with Crippen molar-refractivity contribution in [2.45, 2.75) is 25.8 Å². The van der Waals surface area contributed by atoms with Crippen molar-refractivity contribution >= 4 is 0 Å². The van der Waals surface area contributed by atoms with Gasteiger partial charge in [0.15, 0.2) is 0 Å². The molecule has 0 radical (unpaired) electrons. The van der Waals surface area contributed by atoms with Gasteiger partial charge in [-0.2, -0.15) is 5.26 Å². The zero-order valence-corrected chi connectivity index (χ0v) is 8.83. The molecular weight excluding hydrogens is 191 g/mol. The highest BCUT2D eigenvalue weighted by atomic mass is 19.1. The lowest BCUT2D eigenvalue weighted by Crippen LogP contribution is -2.19. The largest absolute Gasteiger partial charge is 0.310 e. The molecule has 0 bridgehead atoms. The number of hydrogen-bond donors (Lipinski definition) is 1. The summed E-state index contributed by atoms with van der Waals surface area (Å²) in [6.07, 6.45) is 1.42. The molecule has 3 heteroatoms. The molecule has 1 N–H and O–H groups in total. The third kappa shape index (κ3) is 4.09. The first-order valence-corrected chi connectivity index (χ1v) is 5.10. The van der Waals surface area contributed by atoms with E-state index in [2.05, 4.69) is 11.4 Å². The van der Waals surface area contributed by atoms with Crippen molar-refractivity contribution in [1.82, 2.24) is 5.32 Å². The fourth-order valence-corrected chi connectivity index (χ4v) is 1.36. The van der Waals surface area contributed by atoms with Gasteiger partial charge >= 0.3 is 0 Å². The molecule has 0 aliphatic heterocycles. The van der Waals surface area contributed by atoms with Crippen molar-refractivity contribution in [3.63, 3.8) is 0 Å². The average Bonchev–Trinajstić information content (AvgIpc) is 2.25. The number of halogens is 1. The van der Waals surface area contributed by atoms with Gasteiger partial charge in [0, 0.05) is 12.5 Å². The van der Waals surface area contributed by atoms with E-state index in [4.69, 9.17) is 5.26 Å². The van der Waals surface area contributed by atoms with Crippen LogP contribution >= 0.6 is 0 Å². The standard InChI is InChI=1S/C12H15FN2/c1-10(15-9-3-2-8-14)11-4-6-12(13)7-5-11/h4-7,10,15H,2-3,9H2,1H3/t10-/m0/s1. The maximum atomic E-state index is 12.6. The van der Waals surface area contributed by atoms with Crippen molar-refractivity contribution in [2.75, 3.05) is 6.54 Å². The Morgan fingerprint density at radius 1 is 1.40 bits per heavy atom. The van der Waals surface area contributed by atoms with Crippen LogP contribution in [0.3, 0.4) is 0 Å². The van der Waals surface area contributed by atoms with Crippen LogP contribution in [0.4, 0.5) is 4.39 Å². The van der Waals surface area contributed by atoms with Crippen molar-refractivity contribution in [2.24, 2.45) is 0 Å². The van der Waals surface area contributed by atoms with E-state index in [9.17, 15) is 4.39 Å². The Bertz CT molecular complexity index is 326. The topological polar surface area (TPSA) is 35.8 Å². The van der Waals surface area contributed by atoms with Gasteiger partial charge in [-0.05, 0) is 37.6 Å². The van der Waals surface area contributed by atoms with Gasteiger partial charge in [0.25, 0.3) is 0 Å². The molecule has 0 spiro atoms. The molecule has 0 fully saturated rings. The fraction of sp³-hybridized carbons (Fsp3) is 0.417. The van der Waals surface area contributed by atoms with E-state index >= 15 is 0 Å². The molecule has 15 heavy (non-hydrogen) atoms. The molecule has 1 aromatic rings. The normalized spacial score (nSPS) is 12.1. The van der Waals surface area contributed by atoms with E-state index in [-0.39, 0.29) is 11.9 Å². The van der Waals surface area contributed by atoms with Crippen LogP contribution < -0.4 is 5.32 Å². The Morgan fingerprint density at radius 3 is 2.67 bits per heavy atom. The summed E-state index contributed by atoms with van der Waals surface area (Å²) >= 11 is 0. The average molecular weight is 206 g/mol. The molecule has 0 heterocycles. The monoisotopic (exact) mass is 206 g/mol. The van der Waals surface area contributed by atoms with Crippen LogP contribution in [0.15, 0.2) is 24.3 Å². The van der Waals surface area contributed by atoms with Gasteiger partial charge in [-0.3, -0.25) is 0 Å². The molecule has 1 aromatic carbocycles. The minimum absolute atomic E-state index is 0.198. The number of nitrogens with zero attached hydrogens (tertiary/aromatic N) is 1. The van der Waals surface area contributed by atoms with Gasteiger partial charge in [-0.1, -0.05) is 12.1 Å². The second kappa shape index (κ2) is 6.15. The minimum atomic E-state index is -0.213. The molecule has 1 rings (SSSR count). The number of rotatable bonds is 5. The van der Waals surface area contributed by atoms with E-state index in [1.807, 2.05) is 6.92 Å². The number of hydrogen-bond acceptors (Lipinski definition) is 2. The zero-order chi connectivity index (χ0) is 11.1. The van der Waals surface area contributed by atoms with Gasteiger partial charge in [0.1, 0.15) is 5.82 Å². The summed E-state index contributed by atoms with van der Waals surface area (Å²) in [7, 11) is 0. The molecular formula is C12H15FN2. The fourth-order valence-electron chi connectivity index (χ4n) is 1.36. The number of nitrogens with one attached hydrogen (secondary N) is 1. The highest BCUT2D eigenvalue weighted by molar-refractivity contribution is 5.19. The summed E-state index contributed by atoms with van der Waals surface area (Å²) in [6, 6.07) is 8.77. The first kappa shape index (κ1) is 11.7. The van der Waals surface area contributed by atoms with Crippen LogP contribution in [0, 0.1) is 17.1 Å². The van der Waals surface area contributed by atoms with Crippen LogP contribution in [0.2, 0.25) is 0 Å². The Labute approximate surface area is 89.7 Å². The third-order valence-electron chi connectivity index (χ3n) is 2.29. The molecule has 0 saturated carbocycles. The summed E-state index contributed by atoms with van der Waals surface area (Å²) < 4.78 is 12.6. The molecule has 0 saturated heterocycles. The van der Waals surface area contributed by atoms with Crippen molar-refractivity contribution in [3.8, 4) is 6.07 Å². The Morgan fingerprint density at radius 2 is 2.07 bits per heavy atom. The zero-order valence-electron chi connectivity index (χ0n) is 8.83. The highest BCUT2D eigenvalue weighted by Gasteiger charge is 2.03. The predicted molar refractivity (Wildman–Crippen MR) is 57.7 cm³/mol. The van der Waals surface area contributed by atoms with Crippen LogP contribution in [0.1, 0.15) is 31.4 Å². The smallest absolute Gasteiger partial charge is 0.123 e. The number of benzene rings is 1. The molecule has 0 aliphatic rings. The SMILES string of the molecule is C[C@H](NCCCC#N)c1ccc(F)cc1. The first-order chi connectivity index (χ1) is 7.24. The lowest BCUT2D eigenvalue weighted by Gasteiger charge is -2.13. The summed E-state index contributed by atoms with van der Waals surface area (Å²) in [6.45, 7) is 2.84. The Hall–Kier alpha value is -1.40. The molecule has 0 amide bonds. The second-order valence-electron chi connectivity index (χ2n) is 3.49. The van der Waals surface area contributed by atoms with Gasteiger partial charge < -0.3 is 5.32 Å². The lowest BCUT2D eigenvalue weighted by molar-refractivity contribution is 0.559. The first-order valence-electron chi connectivity index (χ1n) is 5.10. The van der Waals surface area contributed by atoms with E-state index < -0.39 is 0 Å².